The molecule has 0 aromatic carbocycles. The molecule has 1 aromatic rings. The second-order valence-corrected chi connectivity index (χ2v) is 1.55. The Morgan fingerprint density at radius 3 is 2.40 bits per heavy atom. The maximum Gasteiger partial charge on any atom is 0.0868 e. The molecule has 0 aliphatic heterocycles. The lowest BCUT2D eigenvalue weighted by Crippen LogP contribution is -2.05. The number of aryl methyl sites for hydroxylation is 1. The number of anilines is 1. The van der Waals surface area contributed by atoms with Crippen LogP contribution in [0.1, 0.15) is 0 Å². The zero-order chi connectivity index (χ0) is 5.98. The van der Waals surface area contributed by atoms with Crippen molar-refractivity contribution in [3.05, 3.63) is 12.4 Å². The third kappa shape index (κ3) is 2.91. The summed E-state index contributed by atoms with van der Waals surface area (Å²) in [6.07, 6.45) is 3.44. The topological polar surface area (TPSA) is 55.9 Å². The van der Waals surface area contributed by atoms with E-state index in [0.717, 1.165) is 5.69 Å². The molecule has 1 rings (SSSR count). The van der Waals surface area contributed by atoms with Gasteiger partial charge in [0.1, 0.15) is 0 Å². The Kier molecular flexibility index (Phi) is 6.54. The predicted molar refractivity (Wildman–Crippen MR) is 45.5 cm³/mol. The lowest BCUT2D eigenvalue weighted by Gasteiger charge is -1.86. The zero-order valence-corrected chi connectivity index (χ0v) is 7.08. The van der Waals surface area contributed by atoms with Crippen molar-refractivity contribution in [2.75, 3.05) is 5.43 Å². The fourth-order valence-electron chi connectivity index (χ4n) is 0.496. The van der Waals surface area contributed by atoms with Gasteiger partial charge in [0, 0.05) is 13.2 Å². The Morgan fingerprint density at radius 2 is 2.20 bits per heavy atom. The zero-order valence-electron chi connectivity index (χ0n) is 5.44. The fourth-order valence-corrected chi connectivity index (χ4v) is 0.496. The number of nitrogen functional groups attached to an aromatic ring is 1. The molecule has 0 unspecified atom stereocenters. The first kappa shape index (κ1) is 12.2. The second kappa shape index (κ2) is 5.34. The molecule has 3 N–H and O–H groups in total. The van der Waals surface area contributed by atoms with Gasteiger partial charge in [-0.2, -0.15) is 5.10 Å². The standard InChI is InChI=1S/C4H8N4.2ClH/c1-8-3-4(7-5)2-6-8;;/h2-3,7H,5H2,1H3;2*1H. The van der Waals surface area contributed by atoms with E-state index >= 15 is 0 Å². The molecular weight excluding hydrogens is 175 g/mol. The van der Waals surface area contributed by atoms with Crippen molar-refractivity contribution >= 4 is 30.5 Å². The van der Waals surface area contributed by atoms with E-state index in [1.54, 1.807) is 17.1 Å². The van der Waals surface area contributed by atoms with Crippen LogP contribution in [-0.4, -0.2) is 9.78 Å². The van der Waals surface area contributed by atoms with E-state index in [0.29, 0.717) is 0 Å². The van der Waals surface area contributed by atoms with Crippen LogP contribution in [0, 0.1) is 0 Å². The highest BCUT2D eigenvalue weighted by Crippen LogP contribution is 1.98. The number of hydrogen-bond acceptors (Lipinski definition) is 3. The van der Waals surface area contributed by atoms with Gasteiger partial charge in [-0.15, -0.1) is 24.8 Å². The summed E-state index contributed by atoms with van der Waals surface area (Å²) in [4.78, 5) is 0. The number of rotatable bonds is 1. The summed E-state index contributed by atoms with van der Waals surface area (Å²) in [5, 5.41) is 3.86. The first-order valence-corrected chi connectivity index (χ1v) is 2.28. The van der Waals surface area contributed by atoms with E-state index in [9.17, 15) is 0 Å². The van der Waals surface area contributed by atoms with E-state index in [2.05, 4.69) is 10.5 Å². The molecule has 1 aromatic heterocycles. The Hall–Kier alpha value is -0.450. The maximum absolute atomic E-state index is 5.06. The van der Waals surface area contributed by atoms with Crippen molar-refractivity contribution in [2.24, 2.45) is 12.9 Å². The van der Waals surface area contributed by atoms with Crippen LogP contribution in [0.2, 0.25) is 0 Å². The molecule has 4 nitrogen and oxygen atoms in total. The number of halogens is 2. The van der Waals surface area contributed by atoms with Crippen molar-refractivity contribution in [2.45, 2.75) is 0 Å². The van der Waals surface area contributed by atoms with Crippen LogP contribution in [0.25, 0.3) is 0 Å². The summed E-state index contributed by atoms with van der Waals surface area (Å²) < 4.78 is 1.68. The molecule has 6 heteroatoms. The smallest absolute Gasteiger partial charge is 0.0868 e. The molecule has 0 saturated heterocycles. The lowest BCUT2D eigenvalue weighted by atomic mass is 10.6. The van der Waals surface area contributed by atoms with E-state index in [1.165, 1.54) is 0 Å². The van der Waals surface area contributed by atoms with E-state index in [-0.39, 0.29) is 24.8 Å². The Labute approximate surface area is 71.6 Å². The number of hydrogen-bond donors (Lipinski definition) is 2. The minimum absolute atomic E-state index is 0. The summed E-state index contributed by atoms with van der Waals surface area (Å²) in [5.74, 6) is 5.06. The summed E-state index contributed by atoms with van der Waals surface area (Å²) in [5.41, 5.74) is 3.29. The molecule has 0 aliphatic rings. The third-order valence-electron chi connectivity index (χ3n) is 0.872. The number of aromatic nitrogens is 2. The van der Waals surface area contributed by atoms with Crippen LogP contribution in [0.4, 0.5) is 5.69 Å². The number of nitrogens with zero attached hydrogens (tertiary/aromatic N) is 2. The molecular formula is C4H10Cl2N4. The number of nitrogens with two attached hydrogens (primary N) is 1. The van der Waals surface area contributed by atoms with Crippen molar-refractivity contribution in [1.29, 1.82) is 0 Å². The van der Waals surface area contributed by atoms with Crippen molar-refractivity contribution in [3.8, 4) is 0 Å². The Morgan fingerprint density at radius 1 is 1.60 bits per heavy atom. The van der Waals surface area contributed by atoms with Gasteiger partial charge in [-0.05, 0) is 0 Å². The van der Waals surface area contributed by atoms with Gasteiger partial charge >= 0.3 is 0 Å². The number of hydrazine groups is 1. The van der Waals surface area contributed by atoms with Crippen LogP contribution < -0.4 is 11.3 Å². The summed E-state index contributed by atoms with van der Waals surface area (Å²) in [6, 6.07) is 0. The minimum atomic E-state index is 0. The van der Waals surface area contributed by atoms with E-state index in [1.807, 2.05) is 7.05 Å². The maximum atomic E-state index is 5.06. The molecule has 0 saturated carbocycles. The lowest BCUT2D eigenvalue weighted by molar-refractivity contribution is 0.768. The van der Waals surface area contributed by atoms with Gasteiger partial charge < -0.3 is 5.43 Å². The van der Waals surface area contributed by atoms with Gasteiger partial charge in [0.15, 0.2) is 0 Å². The van der Waals surface area contributed by atoms with Gasteiger partial charge in [-0.3, -0.25) is 10.5 Å². The average Bonchev–Trinajstić information content (AvgIpc) is 2.14. The fraction of sp³-hybridized carbons (Fsp3) is 0.250. The van der Waals surface area contributed by atoms with Crippen molar-refractivity contribution in [1.82, 2.24) is 9.78 Å². The van der Waals surface area contributed by atoms with Gasteiger partial charge in [0.2, 0.25) is 0 Å². The van der Waals surface area contributed by atoms with Crippen LogP contribution >= 0.6 is 24.8 Å². The molecule has 60 valence electrons. The molecule has 0 atom stereocenters. The van der Waals surface area contributed by atoms with E-state index in [4.69, 9.17) is 5.84 Å². The van der Waals surface area contributed by atoms with Crippen LogP contribution in [-0.2, 0) is 7.05 Å². The van der Waals surface area contributed by atoms with E-state index < -0.39 is 0 Å². The average molecular weight is 185 g/mol. The summed E-state index contributed by atoms with van der Waals surface area (Å²) in [6.45, 7) is 0. The normalized spacial score (nSPS) is 7.40. The number of nitrogens with one attached hydrogen (secondary N) is 1. The van der Waals surface area contributed by atoms with Gasteiger partial charge in [0.05, 0.1) is 11.9 Å². The molecule has 10 heavy (non-hydrogen) atoms. The third-order valence-corrected chi connectivity index (χ3v) is 0.872. The molecule has 0 amide bonds. The van der Waals surface area contributed by atoms with Crippen molar-refractivity contribution in [3.63, 3.8) is 0 Å². The van der Waals surface area contributed by atoms with Crippen LogP contribution in [0.15, 0.2) is 12.4 Å². The monoisotopic (exact) mass is 184 g/mol. The molecule has 0 fully saturated rings. The molecule has 0 radical (unpaired) electrons. The Bertz CT molecular complexity index is 176. The van der Waals surface area contributed by atoms with Gasteiger partial charge in [-0.25, -0.2) is 0 Å². The molecule has 0 spiro atoms. The molecule has 1 heterocycles. The molecule has 0 aliphatic carbocycles. The molecule has 0 bridgehead atoms. The van der Waals surface area contributed by atoms with Gasteiger partial charge in [0.25, 0.3) is 0 Å². The minimum Gasteiger partial charge on any atom is -0.321 e. The predicted octanol–water partition coefficient (Wildman–Crippen LogP) is 0.549. The summed E-state index contributed by atoms with van der Waals surface area (Å²) in [7, 11) is 1.83. The second-order valence-electron chi connectivity index (χ2n) is 1.55. The first-order valence-electron chi connectivity index (χ1n) is 2.28. The summed E-state index contributed by atoms with van der Waals surface area (Å²) >= 11 is 0. The first-order chi connectivity index (χ1) is 3.83. The van der Waals surface area contributed by atoms with Crippen LogP contribution in [0.5, 0.6) is 0 Å². The highest BCUT2D eigenvalue weighted by Gasteiger charge is 1.87. The largest absolute Gasteiger partial charge is 0.321 e. The quantitative estimate of drug-likeness (QED) is 0.496. The van der Waals surface area contributed by atoms with Gasteiger partial charge in [-0.1, -0.05) is 0 Å². The highest BCUT2D eigenvalue weighted by molar-refractivity contribution is 5.85. The van der Waals surface area contributed by atoms with Crippen molar-refractivity contribution < 1.29 is 0 Å². The van der Waals surface area contributed by atoms with Crippen LogP contribution in [0.3, 0.4) is 0 Å². The Balaban J connectivity index is 0. The SMILES string of the molecule is Cl.Cl.Cn1cc(NN)cn1. The highest BCUT2D eigenvalue weighted by atomic mass is 35.5.